The summed E-state index contributed by atoms with van der Waals surface area (Å²) in [6, 6.07) is 7.73. The summed E-state index contributed by atoms with van der Waals surface area (Å²) in [7, 11) is 0. The predicted octanol–water partition coefficient (Wildman–Crippen LogP) is 5.97. The molecule has 0 saturated carbocycles. The lowest BCUT2D eigenvalue weighted by atomic mass is 10.0. The maximum absolute atomic E-state index is 13.4. The first kappa shape index (κ1) is 31.0. The number of halogens is 3. The van der Waals surface area contributed by atoms with Crippen molar-refractivity contribution in [3.63, 3.8) is 0 Å². The van der Waals surface area contributed by atoms with Gasteiger partial charge in [-0.3, -0.25) is 10.1 Å². The van der Waals surface area contributed by atoms with Gasteiger partial charge >= 0.3 is 17.8 Å². The summed E-state index contributed by atoms with van der Waals surface area (Å²) in [5.41, 5.74) is -0.551. The molecule has 2 N–H and O–H groups in total. The number of hydrogen-bond donors (Lipinski definition) is 2. The fraction of sp³-hybridized carbons (Fsp3) is 0.407. The third-order valence-electron chi connectivity index (χ3n) is 5.70. The highest BCUT2D eigenvalue weighted by Crippen LogP contribution is 2.31. The molecule has 41 heavy (non-hydrogen) atoms. The fourth-order valence-electron chi connectivity index (χ4n) is 3.84. The first-order chi connectivity index (χ1) is 19.2. The van der Waals surface area contributed by atoms with Gasteiger partial charge in [0.1, 0.15) is 11.4 Å². The van der Waals surface area contributed by atoms with Crippen LogP contribution in [0.1, 0.15) is 51.8 Å². The van der Waals surface area contributed by atoms with Gasteiger partial charge in [-0.15, -0.1) is 0 Å². The van der Waals surface area contributed by atoms with Gasteiger partial charge in [0.15, 0.2) is 6.04 Å². The zero-order valence-corrected chi connectivity index (χ0v) is 23.3. The minimum atomic E-state index is -4.54. The molecule has 1 aromatic carbocycles. The second kappa shape index (κ2) is 12.8. The van der Waals surface area contributed by atoms with E-state index in [-0.39, 0.29) is 28.8 Å². The molecule has 0 bridgehead atoms. The number of alkyl halides is 3. The van der Waals surface area contributed by atoms with Crippen LogP contribution in [0, 0.1) is 10.1 Å². The summed E-state index contributed by atoms with van der Waals surface area (Å²) in [5, 5.41) is 17.1. The number of hydrogen-bond acceptors (Lipinski definition) is 10. The Morgan fingerprint density at radius 2 is 1.73 bits per heavy atom. The molecule has 1 atom stereocenters. The highest BCUT2D eigenvalue weighted by molar-refractivity contribution is 5.82. The first-order valence-corrected chi connectivity index (χ1v) is 12.8. The molecule has 11 nitrogen and oxygen atoms in total. The second-order valence-electron chi connectivity index (χ2n) is 9.99. The quantitative estimate of drug-likeness (QED) is 0.160. The first-order valence-electron chi connectivity index (χ1n) is 12.8. The van der Waals surface area contributed by atoms with E-state index in [2.05, 4.69) is 25.6 Å². The molecule has 220 valence electrons. The van der Waals surface area contributed by atoms with Crippen LogP contribution in [0.25, 0.3) is 0 Å². The smallest absolute Gasteiger partial charge is 0.393 e. The molecule has 0 saturated heterocycles. The topological polar surface area (TPSA) is 135 Å². The molecule has 0 spiro atoms. The Morgan fingerprint density at radius 3 is 2.29 bits per heavy atom. The largest absolute Gasteiger partial charge is 0.458 e. The van der Waals surface area contributed by atoms with E-state index in [1.807, 2.05) is 13.8 Å². The van der Waals surface area contributed by atoms with E-state index in [4.69, 9.17) is 4.74 Å². The summed E-state index contributed by atoms with van der Waals surface area (Å²) in [4.78, 5) is 38.3. The standard InChI is InChI=1S/C27H32F3N7O4/c1-6-36(7-2)25-32-16-18(15-27(28,29)30)22(35-25)34-21(24(38)41-26(3,4)5)17-10-12-19(13-11-17)33-23-20(37(39)40)9-8-14-31-23/h8-14,16,21H,6-7,15H2,1-5H3,(H,31,33)(H,32,34,35). The van der Waals surface area contributed by atoms with E-state index < -0.39 is 35.1 Å². The van der Waals surface area contributed by atoms with Gasteiger partial charge in [0.25, 0.3) is 0 Å². The van der Waals surface area contributed by atoms with Crippen LogP contribution in [0.4, 0.5) is 42.1 Å². The summed E-state index contributed by atoms with van der Waals surface area (Å²) in [6.07, 6.45) is -3.34. The number of nitrogens with one attached hydrogen (secondary N) is 2. The van der Waals surface area contributed by atoms with Crippen LogP contribution in [0.2, 0.25) is 0 Å². The lowest BCUT2D eigenvalue weighted by Gasteiger charge is -2.27. The van der Waals surface area contributed by atoms with Crippen LogP contribution >= 0.6 is 0 Å². The number of benzene rings is 1. The molecule has 0 amide bonds. The maximum atomic E-state index is 13.4. The summed E-state index contributed by atoms with van der Waals surface area (Å²) >= 11 is 0. The van der Waals surface area contributed by atoms with E-state index in [0.717, 1.165) is 6.20 Å². The van der Waals surface area contributed by atoms with Gasteiger partial charge in [0.2, 0.25) is 11.8 Å². The highest BCUT2D eigenvalue weighted by Gasteiger charge is 2.33. The van der Waals surface area contributed by atoms with Crippen LogP contribution in [-0.4, -0.2) is 50.7 Å². The van der Waals surface area contributed by atoms with Gasteiger partial charge < -0.3 is 20.3 Å². The van der Waals surface area contributed by atoms with Crippen LogP contribution in [-0.2, 0) is 16.0 Å². The predicted molar refractivity (Wildman–Crippen MR) is 148 cm³/mol. The van der Waals surface area contributed by atoms with E-state index in [1.165, 1.54) is 18.3 Å². The van der Waals surface area contributed by atoms with Crippen molar-refractivity contribution in [1.29, 1.82) is 0 Å². The molecule has 3 rings (SSSR count). The van der Waals surface area contributed by atoms with Gasteiger partial charge in [-0.05, 0) is 58.4 Å². The number of esters is 1. The Bertz CT molecular complexity index is 1360. The normalized spacial score (nSPS) is 12.4. The number of anilines is 4. The van der Waals surface area contributed by atoms with Crippen molar-refractivity contribution < 1.29 is 27.6 Å². The third-order valence-corrected chi connectivity index (χ3v) is 5.70. The lowest BCUT2D eigenvalue weighted by molar-refractivity contribution is -0.384. The van der Waals surface area contributed by atoms with Gasteiger partial charge in [0, 0.05) is 42.8 Å². The van der Waals surface area contributed by atoms with E-state index in [9.17, 15) is 28.1 Å². The molecule has 0 aliphatic rings. The van der Waals surface area contributed by atoms with Gasteiger partial charge in [0.05, 0.1) is 11.3 Å². The Morgan fingerprint density at radius 1 is 1.07 bits per heavy atom. The van der Waals surface area contributed by atoms with Crippen molar-refractivity contribution in [2.45, 2.75) is 58.9 Å². The minimum absolute atomic E-state index is 0.0220. The van der Waals surface area contributed by atoms with E-state index >= 15 is 0 Å². The summed E-state index contributed by atoms with van der Waals surface area (Å²) < 4.78 is 45.8. The Hall–Kier alpha value is -4.49. The second-order valence-corrected chi connectivity index (χ2v) is 9.99. The Kier molecular flexibility index (Phi) is 9.68. The number of pyridine rings is 1. The molecule has 1 unspecified atom stereocenters. The Balaban J connectivity index is 2.01. The average molecular weight is 576 g/mol. The lowest BCUT2D eigenvalue weighted by Crippen LogP contribution is -2.32. The van der Waals surface area contributed by atoms with Crippen molar-refractivity contribution in [3.8, 4) is 0 Å². The monoisotopic (exact) mass is 575 g/mol. The van der Waals surface area contributed by atoms with E-state index in [1.54, 1.807) is 49.9 Å². The number of carbonyl (C=O) groups excluding carboxylic acids is 1. The van der Waals surface area contributed by atoms with Crippen molar-refractivity contribution in [2.75, 3.05) is 28.6 Å². The summed E-state index contributed by atoms with van der Waals surface area (Å²) in [5.74, 6) is -0.655. The van der Waals surface area contributed by atoms with Crippen molar-refractivity contribution in [1.82, 2.24) is 15.0 Å². The zero-order valence-electron chi connectivity index (χ0n) is 23.3. The highest BCUT2D eigenvalue weighted by atomic mass is 19.4. The number of nitrogens with zero attached hydrogens (tertiary/aromatic N) is 5. The van der Waals surface area contributed by atoms with Crippen LogP contribution < -0.4 is 15.5 Å². The SMILES string of the molecule is CCN(CC)c1ncc(CC(F)(F)F)c(NC(C(=O)OC(C)(C)C)c2ccc(Nc3ncccc3[N+](=O)[O-])cc2)n1. The molecular weight excluding hydrogens is 543 g/mol. The molecule has 0 radical (unpaired) electrons. The zero-order chi connectivity index (χ0) is 30.4. The average Bonchev–Trinajstić information content (AvgIpc) is 2.88. The van der Waals surface area contributed by atoms with Crippen molar-refractivity contribution >= 4 is 34.9 Å². The molecule has 0 aliphatic heterocycles. The molecule has 0 aliphatic carbocycles. The molecule has 2 heterocycles. The number of ether oxygens (including phenoxy) is 1. The number of rotatable bonds is 11. The van der Waals surface area contributed by atoms with Crippen molar-refractivity contribution in [3.05, 3.63) is 70.0 Å². The van der Waals surface area contributed by atoms with Gasteiger partial charge in [-0.2, -0.15) is 18.2 Å². The summed E-state index contributed by atoms with van der Waals surface area (Å²) in [6.45, 7) is 9.79. The van der Waals surface area contributed by atoms with Crippen LogP contribution in [0.15, 0.2) is 48.8 Å². The van der Waals surface area contributed by atoms with Gasteiger partial charge in [-0.1, -0.05) is 12.1 Å². The third kappa shape index (κ3) is 8.75. The molecule has 2 aromatic heterocycles. The van der Waals surface area contributed by atoms with E-state index in [0.29, 0.717) is 24.3 Å². The van der Waals surface area contributed by atoms with Gasteiger partial charge in [-0.25, -0.2) is 14.8 Å². The fourth-order valence-corrected chi connectivity index (χ4v) is 3.84. The number of nitro groups is 1. The van der Waals surface area contributed by atoms with Crippen molar-refractivity contribution in [2.24, 2.45) is 0 Å². The number of aromatic nitrogens is 3. The minimum Gasteiger partial charge on any atom is -0.458 e. The van der Waals surface area contributed by atoms with Crippen LogP contribution in [0.5, 0.6) is 0 Å². The Labute approximate surface area is 235 Å². The van der Waals surface area contributed by atoms with Crippen LogP contribution in [0.3, 0.4) is 0 Å². The maximum Gasteiger partial charge on any atom is 0.393 e. The molecule has 14 heteroatoms. The molecule has 3 aromatic rings. The molecular formula is C27H32F3N7O4. The molecule has 0 fully saturated rings. The number of carbonyl (C=O) groups is 1.